The fraction of sp³-hybridized carbons (Fsp3) is 0.538. The first-order valence-corrected chi connectivity index (χ1v) is 5.87. The summed E-state index contributed by atoms with van der Waals surface area (Å²) in [6, 6.07) is 4.83. The van der Waals surface area contributed by atoms with Crippen molar-refractivity contribution in [3.05, 3.63) is 29.6 Å². The quantitative estimate of drug-likeness (QED) is 0.876. The summed E-state index contributed by atoms with van der Waals surface area (Å²) in [7, 11) is 1.67. The molecule has 0 spiro atoms. The molecule has 4 heteroatoms. The monoisotopic (exact) mass is 239 g/mol. The molecule has 3 nitrogen and oxygen atoms in total. The van der Waals surface area contributed by atoms with Crippen LogP contribution >= 0.6 is 0 Å². The highest BCUT2D eigenvalue weighted by Gasteiger charge is 2.26. The zero-order valence-electron chi connectivity index (χ0n) is 10.2. The minimum atomic E-state index is -0.665. The summed E-state index contributed by atoms with van der Waals surface area (Å²) in [4.78, 5) is 1.95. The molecule has 1 N–H and O–H groups in total. The molecular formula is C13H18FNO2. The van der Waals surface area contributed by atoms with E-state index < -0.39 is 6.10 Å². The smallest absolute Gasteiger partial charge is 0.146 e. The lowest BCUT2D eigenvalue weighted by atomic mass is 10.1. The van der Waals surface area contributed by atoms with E-state index in [1.807, 2.05) is 4.90 Å². The zero-order valence-corrected chi connectivity index (χ0v) is 10.2. The van der Waals surface area contributed by atoms with Gasteiger partial charge in [-0.3, -0.25) is 0 Å². The SMILES string of the molecule is COC1CCN(c2c(F)cccc2[C@H](C)O)C1. The van der Waals surface area contributed by atoms with Gasteiger partial charge in [-0.05, 0) is 19.4 Å². The first kappa shape index (κ1) is 12.3. The van der Waals surface area contributed by atoms with Crippen molar-refractivity contribution in [2.45, 2.75) is 25.6 Å². The lowest BCUT2D eigenvalue weighted by Crippen LogP contribution is -2.24. The summed E-state index contributed by atoms with van der Waals surface area (Å²) >= 11 is 0. The van der Waals surface area contributed by atoms with Crippen LogP contribution in [-0.4, -0.2) is 31.4 Å². The van der Waals surface area contributed by atoms with Gasteiger partial charge in [-0.2, -0.15) is 0 Å². The Morgan fingerprint density at radius 3 is 2.88 bits per heavy atom. The fourth-order valence-electron chi connectivity index (χ4n) is 2.33. The number of methoxy groups -OCH3 is 1. The van der Waals surface area contributed by atoms with E-state index in [9.17, 15) is 9.50 Å². The highest BCUT2D eigenvalue weighted by Crippen LogP contribution is 2.32. The molecule has 94 valence electrons. The average molecular weight is 239 g/mol. The predicted octanol–water partition coefficient (Wildman–Crippen LogP) is 2.10. The van der Waals surface area contributed by atoms with Crippen molar-refractivity contribution in [1.29, 1.82) is 0 Å². The number of anilines is 1. The Bertz CT molecular complexity index is 395. The molecule has 1 aromatic rings. The van der Waals surface area contributed by atoms with Gasteiger partial charge in [0.1, 0.15) is 5.82 Å². The van der Waals surface area contributed by atoms with Gasteiger partial charge in [-0.1, -0.05) is 12.1 Å². The van der Waals surface area contributed by atoms with Crippen molar-refractivity contribution in [1.82, 2.24) is 0 Å². The molecule has 2 rings (SSSR count). The summed E-state index contributed by atoms with van der Waals surface area (Å²) in [5.74, 6) is -0.278. The molecule has 0 bridgehead atoms. The number of ether oxygens (including phenoxy) is 1. The van der Waals surface area contributed by atoms with Crippen LogP contribution in [0.15, 0.2) is 18.2 Å². The van der Waals surface area contributed by atoms with Gasteiger partial charge in [-0.25, -0.2) is 4.39 Å². The molecule has 1 fully saturated rings. The van der Waals surface area contributed by atoms with Gasteiger partial charge in [0.05, 0.1) is 17.9 Å². The van der Waals surface area contributed by atoms with Crippen LogP contribution in [0.1, 0.15) is 25.0 Å². The third-order valence-corrected chi connectivity index (χ3v) is 3.26. The number of hydrogen-bond acceptors (Lipinski definition) is 3. The van der Waals surface area contributed by atoms with Crippen LogP contribution in [0.5, 0.6) is 0 Å². The van der Waals surface area contributed by atoms with E-state index in [0.717, 1.165) is 13.0 Å². The van der Waals surface area contributed by atoms with Gasteiger partial charge >= 0.3 is 0 Å². The first-order chi connectivity index (χ1) is 8.13. The Hall–Kier alpha value is -1.13. The Morgan fingerprint density at radius 2 is 2.29 bits per heavy atom. The Balaban J connectivity index is 2.31. The van der Waals surface area contributed by atoms with Crippen LogP contribution < -0.4 is 4.90 Å². The van der Waals surface area contributed by atoms with E-state index in [-0.39, 0.29) is 11.9 Å². The molecule has 0 aromatic heterocycles. The number of halogens is 1. The molecule has 1 aliphatic heterocycles. The van der Waals surface area contributed by atoms with Crippen molar-refractivity contribution in [3.63, 3.8) is 0 Å². The van der Waals surface area contributed by atoms with E-state index in [1.165, 1.54) is 6.07 Å². The molecule has 1 unspecified atom stereocenters. The van der Waals surface area contributed by atoms with Gasteiger partial charge in [0.25, 0.3) is 0 Å². The number of aliphatic hydroxyl groups is 1. The average Bonchev–Trinajstić information content (AvgIpc) is 2.76. The van der Waals surface area contributed by atoms with Gasteiger partial charge in [-0.15, -0.1) is 0 Å². The number of rotatable bonds is 3. The summed E-state index contributed by atoms with van der Waals surface area (Å²) in [6.45, 7) is 3.10. The number of nitrogens with zero attached hydrogens (tertiary/aromatic N) is 1. The fourth-order valence-corrected chi connectivity index (χ4v) is 2.33. The van der Waals surface area contributed by atoms with Crippen molar-refractivity contribution >= 4 is 5.69 Å². The standard InChI is InChI=1S/C13H18FNO2/c1-9(16)11-4-3-5-12(14)13(11)15-7-6-10(8-15)17-2/h3-5,9-10,16H,6-8H2,1-2H3/t9-,10?/m0/s1. The van der Waals surface area contributed by atoms with E-state index in [2.05, 4.69) is 0 Å². The second kappa shape index (κ2) is 5.02. The zero-order chi connectivity index (χ0) is 12.4. The highest BCUT2D eigenvalue weighted by molar-refractivity contribution is 5.56. The number of aliphatic hydroxyl groups excluding tert-OH is 1. The summed E-state index contributed by atoms with van der Waals surface area (Å²) < 4.78 is 19.2. The topological polar surface area (TPSA) is 32.7 Å². The Labute approximate surface area is 101 Å². The number of hydrogen-bond donors (Lipinski definition) is 1. The van der Waals surface area contributed by atoms with Crippen LogP contribution in [0.3, 0.4) is 0 Å². The third kappa shape index (κ3) is 2.42. The van der Waals surface area contributed by atoms with Gasteiger partial charge in [0.15, 0.2) is 0 Å². The molecule has 1 aromatic carbocycles. The Kier molecular flexibility index (Phi) is 3.64. The molecule has 0 radical (unpaired) electrons. The molecular weight excluding hydrogens is 221 g/mol. The molecule has 1 heterocycles. The van der Waals surface area contributed by atoms with E-state index in [0.29, 0.717) is 17.8 Å². The maximum Gasteiger partial charge on any atom is 0.146 e. The summed E-state index contributed by atoms with van der Waals surface area (Å²) in [6.07, 6.45) is 0.378. The summed E-state index contributed by atoms with van der Waals surface area (Å²) in [5, 5.41) is 9.69. The predicted molar refractivity (Wildman–Crippen MR) is 64.7 cm³/mol. The second-order valence-corrected chi connectivity index (χ2v) is 4.45. The minimum Gasteiger partial charge on any atom is -0.389 e. The first-order valence-electron chi connectivity index (χ1n) is 5.87. The van der Waals surface area contributed by atoms with E-state index in [4.69, 9.17) is 4.74 Å². The highest BCUT2D eigenvalue weighted by atomic mass is 19.1. The molecule has 0 saturated carbocycles. The molecule has 1 saturated heterocycles. The number of benzene rings is 1. The van der Waals surface area contributed by atoms with Gasteiger partial charge < -0.3 is 14.7 Å². The van der Waals surface area contributed by atoms with Crippen molar-refractivity contribution < 1.29 is 14.2 Å². The lowest BCUT2D eigenvalue weighted by Gasteiger charge is -2.23. The van der Waals surface area contributed by atoms with Crippen molar-refractivity contribution in [2.75, 3.05) is 25.1 Å². The molecule has 0 aliphatic carbocycles. The normalized spacial score (nSPS) is 21.9. The van der Waals surface area contributed by atoms with Crippen LogP contribution in [-0.2, 0) is 4.74 Å². The Morgan fingerprint density at radius 1 is 1.53 bits per heavy atom. The molecule has 0 amide bonds. The van der Waals surface area contributed by atoms with Crippen LogP contribution in [0, 0.1) is 5.82 Å². The minimum absolute atomic E-state index is 0.149. The second-order valence-electron chi connectivity index (χ2n) is 4.45. The summed E-state index contributed by atoms with van der Waals surface area (Å²) in [5.41, 5.74) is 1.16. The van der Waals surface area contributed by atoms with Crippen LogP contribution in [0.2, 0.25) is 0 Å². The molecule has 1 aliphatic rings. The van der Waals surface area contributed by atoms with Crippen LogP contribution in [0.25, 0.3) is 0 Å². The van der Waals surface area contributed by atoms with Gasteiger partial charge in [0, 0.05) is 25.8 Å². The van der Waals surface area contributed by atoms with Gasteiger partial charge in [0.2, 0.25) is 0 Å². The maximum absolute atomic E-state index is 13.9. The van der Waals surface area contributed by atoms with E-state index >= 15 is 0 Å². The largest absolute Gasteiger partial charge is 0.389 e. The molecule has 17 heavy (non-hydrogen) atoms. The van der Waals surface area contributed by atoms with Crippen molar-refractivity contribution in [2.24, 2.45) is 0 Å². The third-order valence-electron chi connectivity index (χ3n) is 3.26. The number of para-hydroxylation sites is 1. The lowest BCUT2D eigenvalue weighted by molar-refractivity contribution is 0.121. The van der Waals surface area contributed by atoms with Crippen LogP contribution in [0.4, 0.5) is 10.1 Å². The maximum atomic E-state index is 13.9. The van der Waals surface area contributed by atoms with E-state index in [1.54, 1.807) is 26.2 Å². The van der Waals surface area contributed by atoms with Crippen molar-refractivity contribution in [3.8, 4) is 0 Å². The molecule has 2 atom stereocenters.